The number of nitrogens with one attached hydrogen (secondary N) is 1. The second kappa shape index (κ2) is 7.24. The number of benzene rings is 1. The van der Waals surface area contributed by atoms with E-state index >= 15 is 0 Å². The van der Waals surface area contributed by atoms with E-state index in [1.807, 2.05) is 13.0 Å². The zero-order valence-corrected chi connectivity index (χ0v) is 17.1. The molecule has 0 amide bonds. The molecule has 144 valence electrons. The molecule has 3 nitrogen and oxygen atoms in total. The quantitative estimate of drug-likeness (QED) is 0.686. The normalized spacial score (nSPS) is 33.3. The number of rotatable bonds is 7. The molecule has 0 unspecified atom stereocenters. The minimum Gasteiger partial charge on any atom is -0.493 e. The van der Waals surface area contributed by atoms with Gasteiger partial charge >= 0.3 is 0 Å². The van der Waals surface area contributed by atoms with Gasteiger partial charge in [-0.1, -0.05) is 11.6 Å². The second-order valence-corrected chi connectivity index (χ2v) is 9.33. The maximum Gasteiger partial charge on any atom is 0.179 e. The lowest BCUT2D eigenvalue weighted by Gasteiger charge is -2.59. The Kier molecular flexibility index (Phi) is 5.13. The zero-order chi connectivity index (χ0) is 18.3. The van der Waals surface area contributed by atoms with Crippen molar-refractivity contribution in [2.24, 2.45) is 23.2 Å². The van der Waals surface area contributed by atoms with Crippen LogP contribution in [0.4, 0.5) is 0 Å². The maximum absolute atomic E-state index is 6.43. The minimum atomic E-state index is 0.522. The van der Waals surface area contributed by atoms with Crippen LogP contribution in [0.2, 0.25) is 5.02 Å². The van der Waals surface area contributed by atoms with E-state index in [4.69, 9.17) is 21.1 Å². The first-order valence-corrected chi connectivity index (χ1v) is 10.6. The van der Waals surface area contributed by atoms with Crippen molar-refractivity contribution in [1.82, 2.24) is 5.32 Å². The summed E-state index contributed by atoms with van der Waals surface area (Å²) < 4.78 is 11.1. The van der Waals surface area contributed by atoms with Crippen LogP contribution in [0.25, 0.3) is 0 Å². The van der Waals surface area contributed by atoms with Gasteiger partial charge in [-0.2, -0.15) is 0 Å². The molecule has 26 heavy (non-hydrogen) atoms. The van der Waals surface area contributed by atoms with Crippen LogP contribution in [-0.4, -0.2) is 19.8 Å². The lowest BCUT2D eigenvalue weighted by atomic mass is 9.48. The predicted molar refractivity (Wildman–Crippen MR) is 106 cm³/mol. The highest BCUT2D eigenvalue weighted by Crippen LogP contribution is 2.61. The smallest absolute Gasteiger partial charge is 0.179 e. The predicted octanol–water partition coefficient (Wildman–Crippen LogP) is 5.44. The summed E-state index contributed by atoms with van der Waals surface area (Å²) in [6.45, 7) is 5.76. The highest BCUT2D eigenvalue weighted by atomic mass is 35.5. The van der Waals surface area contributed by atoms with E-state index in [0.717, 1.165) is 35.6 Å². The third-order valence-corrected chi connectivity index (χ3v) is 7.48. The SMILES string of the molecule is CCOc1c(Cl)cc(CN[C@H](C)C23CC4CC(CC(C4)C2)C3)cc1OC. The first-order chi connectivity index (χ1) is 12.5. The Morgan fingerprint density at radius 2 is 1.77 bits per heavy atom. The van der Waals surface area contributed by atoms with Crippen LogP contribution in [0.3, 0.4) is 0 Å². The fraction of sp³-hybridized carbons (Fsp3) is 0.727. The Bertz CT molecular complexity index is 625. The summed E-state index contributed by atoms with van der Waals surface area (Å²) >= 11 is 6.43. The number of ether oxygens (including phenoxy) is 2. The van der Waals surface area contributed by atoms with Gasteiger partial charge in [-0.3, -0.25) is 0 Å². The molecule has 1 aromatic rings. The van der Waals surface area contributed by atoms with Crippen molar-refractivity contribution in [3.05, 3.63) is 22.7 Å². The standard InChI is InChI=1S/C22H32ClNO2/c1-4-26-21-19(23)8-18(9-20(21)25-3)13-24-14(2)22-10-15-5-16(11-22)7-17(6-15)12-22/h8-9,14-17,24H,4-7,10-13H2,1-3H3/t14-,15?,16?,17?,22?/m1/s1. The molecule has 4 bridgehead atoms. The molecule has 0 spiro atoms. The van der Waals surface area contributed by atoms with Crippen molar-refractivity contribution in [3.63, 3.8) is 0 Å². The van der Waals surface area contributed by atoms with E-state index in [1.165, 1.54) is 38.5 Å². The zero-order valence-electron chi connectivity index (χ0n) is 16.3. The monoisotopic (exact) mass is 377 g/mol. The van der Waals surface area contributed by atoms with Crippen molar-refractivity contribution in [2.75, 3.05) is 13.7 Å². The average molecular weight is 378 g/mol. The van der Waals surface area contributed by atoms with Crippen LogP contribution >= 0.6 is 11.6 Å². The number of halogens is 1. The van der Waals surface area contributed by atoms with Crippen LogP contribution in [0, 0.1) is 23.2 Å². The van der Waals surface area contributed by atoms with E-state index < -0.39 is 0 Å². The van der Waals surface area contributed by atoms with Gasteiger partial charge in [0.25, 0.3) is 0 Å². The fourth-order valence-electron chi connectivity index (χ4n) is 6.36. The summed E-state index contributed by atoms with van der Waals surface area (Å²) in [5.74, 6) is 4.34. The molecule has 0 saturated heterocycles. The van der Waals surface area contributed by atoms with Crippen molar-refractivity contribution < 1.29 is 9.47 Å². The molecular formula is C22H32ClNO2. The lowest BCUT2D eigenvalue weighted by molar-refractivity contribution is -0.0706. The van der Waals surface area contributed by atoms with Gasteiger partial charge in [0.15, 0.2) is 11.5 Å². The van der Waals surface area contributed by atoms with E-state index in [9.17, 15) is 0 Å². The van der Waals surface area contributed by atoms with Gasteiger partial charge in [0, 0.05) is 12.6 Å². The highest BCUT2D eigenvalue weighted by Gasteiger charge is 2.52. The third kappa shape index (κ3) is 3.33. The molecule has 0 heterocycles. The Morgan fingerprint density at radius 1 is 1.15 bits per heavy atom. The average Bonchev–Trinajstić information content (AvgIpc) is 2.60. The van der Waals surface area contributed by atoms with Crippen LogP contribution in [0.5, 0.6) is 11.5 Å². The van der Waals surface area contributed by atoms with E-state index in [1.54, 1.807) is 7.11 Å². The maximum atomic E-state index is 6.43. The molecule has 1 atom stereocenters. The molecule has 4 aliphatic carbocycles. The Balaban J connectivity index is 1.45. The summed E-state index contributed by atoms with van der Waals surface area (Å²) in [6.07, 6.45) is 8.79. The van der Waals surface area contributed by atoms with Crippen molar-refractivity contribution in [3.8, 4) is 11.5 Å². The first-order valence-electron chi connectivity index (χ1n) is 10.3. The lowest BCUT2D eigenvalue weighted by Crippen LogP contribution is -2.54. The van der Waals surface area contributed by atoms with Gasteiger partial charge in [-0.15, -0.1) is 0 Å². The van der Waals surface area contributed by atoms with E-state index in [0.29, 0.717) is 28.8 Å². The Hall–Kier alpha value is -0.930. The van der Waals surface area contributed by atoms with Crippen LogP contribution in [-0.2, 0) is 6.54 Å². The minimum absolute atomic E-state index is 0.522. The molecular weight excluding hydrogens is 346 g/mol. The highest BCUT2D eigenvalue weighted by molar-refractivity contribution is 6.32. The third-order valence-electron chi connectivity index (χ3n) is 7.19. The molecule has 1 aromatic carbocycles. The molecule has 4 saturated carbocycles. The van der Waals surface area contributed by atoms with Gasteiger partial charge in [0.2, 0.25) is 0 Å². The van der Waals surface area contributed by atoms with Crippen molar-refractivity contribution >= 4 is 11.6 Å². The van der Waals surface area contributed by atoms with Crippen molar-refractivity contribution in [1.29, 1.82) is 0 Å². The molecule has 4 aliphatic rings. The molecule has 1 N–H and O–H groups in total. The second-order valence-electron chi connectivity index (χ2n) is 8.92. The molecule has 0 aliphatic heterocycles. The molecule has 4 heteroatoms. The van der Waals surface area contributed by atoms with E-state index in [-0.39, 0.29) is 0 Å². The van der Waals surface area contributed by atoms with Gasteiger partial charge in [-0.05, 0) is 93.2 Å². The van der Waals surface area contributed by atoms with Gasteiger partial charge in [0.05, 0.1) is 18.7 Å². The summed E-state index contributed by atoms with van der Waals surface area (Å²) in [7, 11) is 1.67. The summed E-state index contributed by atoms with van der Waals surface area (Å²) in [4.78, 5) is 0. The van der Waals surface area contributed by atoms with E-state index in [2.05, 4.69) is 18.3 Å². The van der Waals surface area contributed by atoms with Crippen LogP contribution < -0.4 is 14.8 Å². The molecule has 5 rings (SSSR count). The molecule has 4 fully saturated rings. The topological polar surface area (TPSA) is 30.5 Å². The number of methoxy groups -OCH3 is 1. The van der Waals surface area contributed by atoms with Gasteiger partial charge in [0.1, 0.15) is 0 Å². The van der Waals surface area contributed by atoms with Crippen LogP contribution in [0.1, 0.15) is 57.9 Å². The Morgan fingerprint density at radius 3 is 2.31 bits per heavy atom. The number of hydrogen-bond donors (Lipinski definition) is 1. The van der Waals surface area contributed by atoms with Crippen molar-refractivity contribution in [2.45, 2.75) is 65.0 Å². The fourth-order valence-corrected chi connectivity index (χ4v) is 6.64. The summed E-state index contributed by atoms with van der Waals surface area (Å²) in [6, 6.07) is 4.61. The van der Waals surface area contributed by atoms with Crippen LogP contribution in [0.15, 0.2) is 12.1 Å². The van der Waals surface area contributed by atoms with Gasteiger partial charge < -0.3 is 14.8 Å². The summed E-state index contributed by atoms with van der Waals surface area (Å²) in [5, 5.41) is 4.46. The molecule has 0 radical (unpaired) electrons. The number of hydrogen-bond acceptors (Lipinski definition) is 3. The summed E-state index contributed by atoms with van der Waals surface area (Å²) in [5.41, 5.74) is 1.68. The molecule has 0 aromatic heterocycles. The largest absolute Gasteiger partial charge is 0.493 e. The Labute approximate surface area is 162 Å². The first kappa shape index (κ1) is 18.4. The van der Waals surface area contributed by atoms with Gasteiger partial charge in [-0.25, -0.2) is 0 Å².